The number of sulfonamides is 1. The Kier molecular flexibility index (Phi) is 5.43. The van der Waals surface area contributed by atoms with Gasteiger partial charge in [-0.25, -0.2) is 18.0 Å². The van der Waals surface area contributed by atoms with Crippen LogP contribution in [0, 0.1) is 0 Å². The van der Waals surface area contributed by atoms with Crippen LogP contribution < -0.4 is 4.31 Å². The van der Waals surface area contributed by atoms with Crippen molar-refractivity contribution in [2.45, 2.75) is 4.90 Å². The summed E-state index contributed by atoms with van der Waals surface area (Å²) in [5, 5.41) is 0. The molecule has 0 fully saturated rings. The molecule has 2 aromatic rings. The number of methoxy groups -OCH3 is 2. The number of esters is 2. The van der Waals surface area contributed by atoms with Gasteiger partial charge in [0.2, 0.25) is 0 Å². The number of hydrogen-bond acceptors (Lipinski definition) is 6. The number of ether oxygens (including phenoxy) is 2. The van der Waals surface area contributed by atoms with Gasteiger partial charge < -0.3 is 9.47 Å². The van der Waals surface area contributed by atoms with E-state index < -0.39 is 22.0 Å². The summed E-state index contributed by atoms with van der Waals surface area (Å²) in [6.45, 7) is 0. The van der Waals surface area contributed by atoms with Crippen LogP contribution in [-0.2, 0) is 19.5 Å². The van der Waals surface area contributed by atoms with Gasteiger partial charge in [-0.15, -0.1) is 0 Å². The van der Waals surface area contributed by atoms with Crippen molar-refractivity contribution in [3.05, 3.63) is 59.7 Å². The maximum Gasteiger partial charge on any atom is 0.340 e. The van der Waals surface area contributed by atoms with E-state index in [-0.39, 0.29) is 21.7 Å². The van der Waals surface area contributed by atoms with Gasteiger partial charge in [0.25, 0.3) is 10.0 Å². The molecule has 0 spiro atoms. The van der Waals surface area contributed by atoms with Crippen LogP contribution in [0.2, 0.25) is 0 Å². The van der Waals surface area contributed by atoms with E-state index >= 15 is 0 Å². The normalized spacial score (nSPS) is 10.8. The van der Waals surface area contributed by atoms with Crippen molar-refractivity contribution < 1.29 is 27.5 Å². The second-order valence-electron chi connectivity index (χ2n) is 5.00. The molecule has 8 heteroatoms. The lowest BCUT2D eigenvalue weighted by Crippen LogP contribution is -2.28. The second kappa shape index (κ2) is 7.35. The highest BCUT2D eigenvalue weighted by atomic mass is 32.2. The highest BCUT2D eigenvalue weighted by Gasteiger charge is 2.25. The number of hydrogen-bond donors (Lipinski definition) is 0. The Morgan fingerprint density at radius 1 is 0.880 bits per heavy atom. The van der Waals surface area contributed by atoms with Gasteiger partial charge in [-0.05, 0) is 36.4 Å². The molecule has 0 aromatic heterocycles. The second-order valence-corrected chi connectivity index (χ2v) is 6.97. The van der Waals surface area contributed by atoms with Crippen LogP contribution in [0.15, 0.2) is 53.4 Å². The molecule has 132 valence electrons. The van der Waals surface area contributed by atoms with Crippen molar-refractivity contribution in [1.82, 2.24) is 0 Å². The van der Waals surface area contributed by atoms with Gasteiger partial charge in [-0.2, -0.15) is 0 Å². The Balaban J connectivity index is 2.43. The molecule has 25 heavy (non-hydrogen) atoms. The van der Waals surface area contributed by atoms with Crippen LogP contribution in [0.3, 0.4) is 0 Å². The third-order valence-electron chi connectivity index (χ3n) is 3.58. The third kappa shape index (κ3) is 3.63. The minimum atomic E-state index is -3.93. The molecule has 7 nitrogen and oxygen atoms in total. The van der Waals surface area contributed by atoms with E-state index in [0.717, 1.165) is 4.31 Å². The maximum absolute atomic E-state index is 12.8. The molecule has 0 unspecified atom stereocenters. The molecule has 0 radical (unpaired) electrons. The summed E-state index contributed by atoms with van der Waals surface area (Å²) < 4.78 is 35.9. The molecule has 0 N–H and O–H groups in total. The standard InChI is InChI=1S/C17H17NO6S/c1-18(15-7-5-4-6-14(15)17(20)24-3)25(21,22)13-10-8-12(9-11-13)16(19)23-2/h4-11H,1-3H3. The first kappa shape index (κ1) is 18.5. The number of para-hydroxylation sites is 1. The van der Waals surface area contributed by atoms with Gasteiger partial charge in [0.15, 0.2) is 0 Å². The van der Waals surface area contributed by atoms with Crippen molar-refractivity contribution in [3.63, 3.8) is 0 Å². The average molecular weight is 363 g/mol. The van der Waals surface area contributed by atoms with E-state index in [2.05, 4.69) is 9.47 Å². The van der Waals surface area contributed by atoms with Crippen LogP contribution in [0.1, 0.15) is 20.7 Å². The highest BCUT2D eigenvalue weighted by Crippen LogP contribution is 2.26. The summed E-state index contributed by atoms with van der Waals surface area (Å²) in [5.41, 5.74) is 0.549. The van der Waals surface area contributed by atoms with E-state index in [1.807, 2.05) is 0 Å². The van der Waals surface area contributed by atoms with Gasteiger partial charge >= 0.3 is 11.9 Å². The number of carbonyl (C=O) groups is 2. The zero-order chi connectivity index (χ0) is 18.6. The maximum atomic E-state index is 12.8. The van der Waals surface area contributed by atoms with Crippen molar-refractivity contribution >= 4 is 27.6 Å². The van der Waals surface area contributed by atoms with Crippen LogP contribution in [0.5, 0.6) is 0 Å². The Morgan fingerprint density at radius 2 is 1.44 bits per heavy atom. The predicted octanol–water partition coefficient (Wildman–Crippen LogP) is 2.08. The fourth-order valence-corrected chi connectivity index (χ4v) is 3.41. The number of carbonyl (C=O) groups excluding carboxylic acids is 2. The molecule has 0 saturated carbocycles. The quantitative estimate of drug-likeness (QED) is 0.756. The Bertz CT molecular complexity index is 890. The monoisotopic (exact) mass is 363 g/mol. The van der Waals surface area contributed by atoms with Crippen LogP contribution in [0.4, 0.5) is 5.69 Å². The average Bonchev–Trinajstić information content (AvgIpc) is 2.66. The van der Waals surface area contributed by atoms with Crippen molar-refractivity contribution in [2.24, 2.45) is 0 Å². The number of nitrogens with zero attached hydrogens (tertiary/aromatic N) is 1. The van der Waals surface area contributed by atoms with Crippen molar-refractivity contribution in [2.75, 3.05) is 25.6 Å². The minimum absolute atomic E-state index is 0.0256. The summed E-state index contributed by atoms with van der Waals surface area (Å²) in [4.78, 5) is 23.3. The lowest BCUT2D eigenvalue weighted by Gasteiger charge is -2.21. The fraction of sp³-hybridized carbons (Fsp3) is 0.176. The van der Waals surface area contributed by atoms with E-state index in [1.54, 1.807) is 12.1 Å². The molecule has 0 aliphatic heterocycles. The smallest absolute Gasteiger partial charge is 0.340 e. The van der Waals surface area contributed by atoms with E-state index in [4.69, 9.17) is 0 Å². The zero-order valence-corrected chi connectivity index (χ0v) is 14.7. The molecule has 2 rings (SSSR count). The first-order valence-electron chi connectivity index (χ1n) is 7.17. The van der Waals surface area contributed by atoms with E-state index in [9.17, 15) is 18.0 Å². The van der Waals surface area contributed by atoms with Crippen LogP contribution in [0.25, 0.3) is 0 Å². The van der Waals surface area contributed by atoms with Crippen molar-refractivity contribution in [3.8, 4) is 0 Å². The highest BCUT2D eigenvalue weighted by molar-refractivity contribution is 7.92. The van der Waals surface area contributed by atoms with Crippen LogP contribution >= 0.6 is 0 Å². The molecule has 0 aliphatic carbocycles. The Hall–Kier alpha value is -2.87. The van der Waals surface area contributed by atoms with Gasteiger partial charge in [0, 0.05) is 7.05 Å². The van der Waals surface area contributed by atoms with Crippen molar-refractivity contribution in [1.29, 1.82) is 0 Å². The summed E-state index contributed by atoms with van der Waals surface area (Å²) in [6.07, 6.45) is 0. The van der Waals surface area contributed by atoms with E-state index in [0.29, 0.717) is 0 Å². The zero-order valence-electron chi connectivity index (χ0n) is 13.9. The van der Waals surface area contributed by atoms with Gasteiger partial charge in [-0.1, -0.05) is 12.1 Å². The molecule has 2 aromatic carbocycles. The first-order chi connectivity index (χ1) is 11.8. The fourth-order valence-electron chi connectivity index (χ4n) is 2.20. The molecule has 0 amide bonds. The summed E-state index contributed by atoms with van der Waals surface area (Å²) in [6, 6.07) is 11.5. The molecule has 0 saturated heterocycles. The molecule has 0 bridgehead atoms. The largest absolute Gasteiger partial charge is 0.465 e. The summed E-state index contributed by atoms with van der Waals surface area (Å²) >= 11 is 0. The molecule has 0 heterocycles. The molecular formula is C17H17NO6S. The number of rotatable bonds is 5. The third-order valence-corrected chi connectivity index (χ3v) is 5.37. The van der Waals surface area contributed by atoms with E-state index in [1.165, 1.54) is 57.7 Å². The number of anilines is 1. The molecule has 0 aliphatic rings. The topological polar surface area (TPSA) is 90.0 Å². The van der Waals surface area contributed by atoms with Gasteiger partial charge in [-0.3, -0.25) is 4.31 Å². The Labute approximate surface area is 145 Å². The lowest BCUT2D eigenvalue weighted by molar-refractivity contribution is 0.0592. The van der Waals surface area contributed by atoms with Crippen LogP contribution in [-0.4, -0.2) is 41.6 Å². The lowest BCUT2D eigenvalue weighted by atomic mass is 10.2. The summed E-state index contributed by atoms with van der Waals surface area (Å²) in [7, 11) is -0.131. The van der Waals surface area contributed by atoms with Gasteiger partial charge in [0.1, 0.15) is 0 Å². The Morgan fingerprint density at radius 3 is 2.00 bits per heavy atom. The SMILES string of the molecule is COC(=O)c1ccc(S(=O)(=O)N(C)c2ccccc2C(=O)OC)cc1. The summed E-state index contributed by atoms with van der Waals surface area (Å²) in [5.74, 6) is -1.20. The predicted molar refractivity (Wildman–Crippen MR) is 91.2 cm³/mol. The first-order valence-corrected chi connectivity index (χ1v) is 8.61. The van der Waals surface area contributed by atoms with Gasteiger partial charge in [0.05, 0.1) is 35.9 Å². The molecule has 0 atom stereocenters. The minimum Gasteiger partial charge on any atom is -0.465 e. The molecular weight excluding hydrogens is 346 g/mol. The number of benzene rings is 2.